The third-order valence-electron chi connectivity index (χ3n) is 3.24. The number of anilines is 1. The molecule has 0 saturated carbocycles. The highest BCUT2D eigenvalue weighted by molar-refractivity contribution is 6.36. The van der Waals surface area contributed by atoms with Crippen LogP contribution < -0.4 is 5.73 Å². The number of ether oxygens (including phenoxy) is 1. The van der Waals surface area contributed by atoms with Crippen molar-refractivity contribution in [3.05, 3.63) is 28.8 Å². The van der Waals surface area contributed by atoms with Crippen molar-refractivity contribution in [2.24, 2.45) is 0 Å². The number of nitrogens with two attached hydrogens (primary N) is 1. The predicted molar refractivity (Wildman–Crippen MR) is 81.0 cm³/mol. The molecule has 1 fully saturated rings. The number of hydrogen-bond acceptors (Lipinski definition) is 3. The van der Waals surface area contributed by atoms with Crippen LogP contribution in [0.2, 0.25) is 5.02 Å². The Bertz CT molecular complexity index is 525. The fourth-order valence-corrected chi connectivity index (χ4v) is 3.02. The summed E-state index contributed by atoms with van der Waals surface area (Å²) in [7, 11) is 0. The van der Waals surface area contributed by atoms with Crippen LogP contribution in [0.5, 0.6) is 0 Å². The highest BCUT2D eigenvalue weighted by atomic mass is 35.5. The maximum atomic E-state index is 12.7. The third kappa shape index (κ3) is 3.07. The molecule has 0 unspecified atom stereocenters. The molecule has 5 heteroatoms. The Hall–Kier alpha value is -1.26. The van der Waals surface area contributed by atoms with E-state index in [2.05, 4.69) is 0 Å². The van der Waals surface area contributed by atoms with Gasteiger partial charge in [0.1, 0.15) is 0 Å². The zero-order valence-corrected chi connectivity index (χ0v) is 13.1. The van der Waals surface area contributed by atoms with Gasteiger partial charge in [0.25, 0.3) is 5.91 Å². The van der Waals surface area contributed by atoms with Crippen LogP contribution in [0, 0.1) is 0 Å². The summed E-state index contributed by atoms with van der Waals surface area (Å²) in [4.78, 5) is 14.5. The van der Waals surface area contributed by atoms with Crippen LogP contribution in [0.15, 0.2) is 18.2 Å². The molecule has 2 N–H and O–H groups in total. The Morgan fingerprint density at radius 1 is 1.25 bits per heavy atom. The van der Waals surface area contributed by atoms with Crippen molar-refractivity contribution in [2.75, 3.05) is 18.8 Å². The third-order valence-corrected chi connectivity index (χ3v) is 3.66. The molecule has 20 heavy (non-hydrogen) atoms. The summed E-state index contributed by atoms with van der Waals surface area (Å²) < 4.78 is 5.98. The van der Waals surface area contributed by atoms with Crippen molar-refractivity contribution >= 4 is 23.2 Å². The smallest absolute Gasteiger partial charge is 0.255 e. The van der Waals surface area contributed by atoms with Crippen LogP contribution in [0.4, 0.5) is 5.69 Å². The molecule has 1 aromatic rings. The molecule has 0 spiro atoms. The topological polar surface area (TPSA) is 55.6 Å². The molecule has 0 atom stereocenters. The minimum absolute atomic E-state index is 0.105. The molecule has 4 nitrogen and oxygen atoms in total. The van der Waals surface area contributed by atoms with E-state index >= 15 is 0 Å². The minimum Gasteiger partial charge on any atom is -0.398 e. The lowest BCUT2D eigenvalue weighted by molar-refractivity contribution is -0.171. The monoisotopic (exact) mass is 296 g/mol. The Morgan fingerprint density at radius 3 is 2.35 bits per heavy atom. The SMILES string of the molecule is CC1(C)CN(C(=O)c2cccc(N)c2Cl)CC(C)(C)O1. The number of amides is 1. The van der Waals surface area contributed by atoms with Crippen molar-refractivity contribution in [2.45, 2.75) is 38.9 Å². The van der Waals surface area contributed by atoms with E-state index in [1.807, 2.05) is 27.7 Å². The Labute approximate surface area is 124 Å². The van der Waals surface area contributed by atoms with Crippen molar-refractivity contribution in [3.8, 4) is 0 Å². The van der Waals surface area contributed by atoms with Gasteiger partial charge < -0.3 is 15.4 Å². The number of benzene rings is 1. The highest BCUT2D eigenvalue weighted by Crippen LogP contribution is 2.31. The number of nitrogens with zero attached hydrogens (tertiary/aromatic N) is 1. The van der Waals surface area contributed by atoms with Gasteiger partial charge in [0.05, 0.1) is 27.5 Å². The van der Waals surface area contributed by atoms with E-state index in [1.54, 1.807) is 23.1 Å². The first kappa shape index (κ1) is 15.1. The maximum Gasteiger partial charge on any atom is 0.255 e. The lowest BCUT2D eigenvalue weighted by atomic mass is 9.98. The van der Waals surface area contributed by atoms with Gasteiger partial charge in [-0.2, -0.15) is 0 Å². The highest BCUT2D eigenvalue weighted by Gasteiger charge is 2.40. The van der Waals surface area contributed by atoms with E-state index in [4.69, 9.17) is 22.1 Å². The second kappa shape index (κ2) is 4.93. The number of morpholine rings is 1. The Morgan fingerprint density at radius 2 is 1.80 bits per heavy atom. The molecule has 1 aromatic carbocycles. The zero-order chi connectivity index (χ0) is 15.1. The summed E-state index contributed by atoms with van der Waals surface area (Å²) in [6, 6.07) is 5.13. The van der Waals surface area contributed by atoms with Gasteiger partial charge in [-0.3, -0.25) is 4.79 Å². The first-order valence-corrected chi connectivity index (χ1v) is 7.03. The summed E-state index contributed by atoms with van der Waals surface area (Å²) >= 11 is 6.15. The van der Waals surface area contributed by atoms with Crippen molar-refractivity contribution in [1.82, 2.24) is 4.90 Å². The fraction of sp³-hybridized carbons (Fsp3) is 0.533. The van der Waals surface area contributed by atoms with Gasteiger partial charge in [-0.15, -0.1) is 0 Å². The fourth-order valence-electron chi connectivity index (χ4n) is 2.82. The number of carbonyl (C=O) groups is 1. The Kier molecular flexibility index (Phi) is 3.73. The van der Waals surface area contributed by atoms with Gasteiger partial charge in [-0.05, 0) is 39.8 Å². The molecule has 0 bridgehead atoms. The molecule has 0 aromatic heterocycles. The van der Waals surface area contributed by atoms with Gasteiger partial charge in [-0.1, -0.05) is 17.7 Å². The van der Waals surface area contributed by atoms with Crippen LogP contribution >= 0.6 is 11.6 Å². The van der Waals surface area contributed by atoms with Gasteiger partial charge in [-0.25, -0.2) is 0 Å². The van der Waals surface area contributed by atoms with Gasteiger partial charge in [0, 0.05) is 13.1 Å². The first-order chi connectivity index (χ1) is 9.11. The second-order valence-corrected chi connectivity index (χ2v) is 6.87. The van der Waals surface area contributed by atoms with Crippen molar-refractivity contribution in [3.63, 3.8) is 0 Å². The zero-order valence-electron chi connectivity index (χ0n) is 12.4. The van der Waals surface area contributed by atoms with Crippen LogP contribution in [0.1, 0.15) is 38.1 Å². The number of hydrogen-bond donors (Lipinski definition) is 1. The van der Waals surface area contributed by atoms with Crippen LogP contribution in [0.3, 0.4) is 0 Å². The normalized spacial score (nSPS) is 20.8. The second-order valence-electron chi connectivity index (χ2n) is 6.49. The molecule has 0 aliphatic carbocycles. The van der Waals surface area contributed by atoms with E-state index in [-0.39, 0.29) is 17.1 Å². The summed E-state index contributed by atoms with van der Waals surface area (Å²) in [6.07, 6.45) is 0. The number of rotatable bonds is 1. The molecular weight excluding hydrogens is 276 g/mol. The Balaban J connectivity index is 2.31. The standard InChI is InChI=1S/C15H21ClN2O2/c1-14(2)8-18(9-15(3,4)20-14)13(19)10-6-5-7-11(17)12(10)16/h5-7H,8-9,17H2,1-4H3. The molecule has 2 rings (SSSR count). The molecule has 1 heterocycles. The molecule has 1 saturated heterocycles. The molecule has 1 aliphatic heterocycles. The van der Waals surface area contributed by atoms with Crippen LogP contribution in [-0.4, -0.2) is 35.1 Å². The summed E-state index contributed by atoms with van der Waals surface area (Å²) in [5, 5.41) is 0.319. The number of nitrogen functional groups attached to an aromatic ring is 1. The summed E-state index contributed by atoms with van der Waals surface area (Å²) in [5.74, 6) is -0.105. The minimum atomic E-state index is -0.385. The van der Waals surface area contributed by atoms with Gasteiger partial charge in [0.15, 0.2) is 0 Å². The van der Waals surface area contributed by atoms with Crippen molar-refractivity contribution < 1.29 is 9.53 Å². The van der Waals surface area contributed by atoms with Gasteiger partial charge >= 0.3 is 0 Å². The molecule has 1 aliphatic rings. The number of halogens is 1. The largest absolute Gasteiger partial charge is 0.398 e. The average molecular weight is 297 g/mol. The van der Waals surface area contributed by atoms with Crippen LogP contribution in [0.25, 0.3) is 0 Å². The van der Waals surface area contributed by atoms with Crippen molar-refractivity contribution in [1.29, 1.82) is 0 Å². The lowest BCUT2D eigenvalue weighted by Crippen LogP contribution is -2.58. The van der Waals surface area contributed by atoms with E-state index in [0.29, 0.717) is 29.4 Å². The summed E-state index contributed by atoms with van der Waals surface area (Å²) in [5.41, 5.74) is 5.86. The molecule has 0 radical (unpaired) electrons. The van der Waals surface area contributed by atoms with E-state index < -0.39 is 0 Å². The predicted octanol–water partition coefficient (Wildman–Crippen LogP) is 2.95. The van der Waals surface area contributed by atoms with Gasteiger partial charge in [0.2, 0.25) is 0 Å². The quantitative estimate of drug-likeness (QED) is 0.811. The number of carbonyl (C=O) groups excluding carboxylic acids is 1. The van der Waals surface area contributed by atoms with E-state index in [0.717, 1.165) is 0 Å². The molecule has 1 amide bonds. The summed E-state index contributed by atoms with van der Waals surface area (Å²) in [6.45, 7) is 8.98. The maximum absolute atomic E-state index is 12.7. The first-order valence-electron chi connectivity index (χ1n) is 6.65. The lowest BCUT2D eigenvalue weighted by Gasteiger charge is -2.47. The molecular formula is C15H21ClN2O2. The molecule has 110 valence electrons. The van der Waals surface area contributed by atoms with Crippen LogP contribution in [-0.2, 0) is 4.74 Å². The average Bonchev–Trinajstić information content (AvgIpc) is 2.28. The van der Waals surface area contributed by atoms with E-state index in [9.17, 15) is 4.79 Å². The van der Waals surface area contributed by atoms with E-state index in [1.165, 1.54) is 0 Å².